The maximum absolute atomic E-state index is 12.7. The van der Waals surface area contributed by atoms with E-state index in [4.69, 9.17) is 10.3 Å². The van der Waals surface area contributed by atoms with Crippen molar-refractivity contribution < 1.29 is 14.0 Å². The Kier molecular flexibility index (Phi) is 6.09. The van der Waals surface area contributed by atoms with E-state index in [1.54, 1.807) is 13.0 Å². The fourth-order valence-corrected chi connectivity index (χ4v) is 3.82. The van der Waals surface area contributed by atoms with Crippen LogP contribution in [-0.4, -0.2) is 21.4 Å². The van der Waals surface area contributed by atoms with E-state index in [9.17, 15) is 20.1 Å². The number of hydrogen-bond donors (Lipinski definition) is 3. The van der Waals surface area contributed by atoms with Crippen molar-refractivity contribution in [1.82, 2.24) is 10.3 Å². The molecule has 0 aliphatic carbocycles. The van der Waals surface area contributed by atoms with Crippen LogP contribution in [0, 0.1) is 29.6 Å². The maximum atomic E-state index is 12.7. The number of rotatable bonds is 5. The van der Waals surface area contributed by atoms with Crippen LogP contribution in [-0.2, 0) is 11.8 Å². The Morgan fingerprint density at radius 1 is 1.32 bits per heavy atom. The molecule has 0 saturated carbocycles. The lowest BCUT2D eigenvalue weighted by Crippen LogP contribution is -2.34. The molecule has 31 heavy (non-hydrogen) atoms. The van der Waals surface area contributed by atoms with Crippen LogP contribution < -0.4 is 21.4 Å². The van der Waals surface area contributed by atoms with Gasteiger partial charge in [-0.1, -0.05) is 34.6 Å². The summed E-state index contributed by atoms with van der Waals surface area (Å²) in [6.45, 7) is 3.53. The van der Waals surface area contributed by atoms with Gasteiger partial charge in [-0.3, -0.25) is 9.32 Å². The third-order valence-electron chi connectivity index (χ3n) is 4.52. The topological polar surface area (TPSA) is 165 Å². The van der Waals surface area contributed by atoms with Gasteiger partial charge in [0.1, 0.15) is 34.1 Å². The smallest absolute Gasteiger partial charge is 0.383 e. The second-order valence-corrected chi connectivity index (χ2v) is 7.93. The number of amides is 1. The molecule has 156 valence electrons. The molecule has 1 atom stereocenters. The van der Waals surface area contributed by atoms with Gasteiger partial charge in [0.2, 0.25) is 5.91 Å². The van der Waals surface area contributed by atoms with E-state index in [1.165, 1.54) is 11.7 Å². The molecule has 10 nitrogen and oxygen atoms in total. The van der Waals surface area contributed by atoms with Crippen molar-refractivity contribution in [3.05, 3.63) is 51.4 Å². The number of aromatic nitrogens is 3. The Balaban J connectivity index is 2.04. The minimum absolute atomic E-state index is 0.00371. The van der Waals surface area contributed by atoms with Gasteiger partial charge in [0, 0.05) is 5.69 Å². The van der Waals surface area contributed by atoms with Crippen molar-refractivity contribution >= 4 is 29.2 Å². The Morgan fingerprint density at radius 2 is 2.00 bits per heavy atom. The zero-order chi connectivity index (χ0) is 22.7. The summed E-state index contributed by atoms with van der Waals surface area (Å²) >= 11 is 0.997. The highest BCUT2D eigenvalue weighted by Gasteiger charge is 2.32. The number of aromatic amines is 1. The highest BCUT2D eigenvalue weighted by atomic mass is 32.2. The van der Waals surface area contributed by atoms with Crippen LogP contribution in [0.25, 0.3) is 11.3 Å². The number of thioether (sulfide) groups is 1. The third-order valence-corrected chi connectivity index (χ3v) is 5.60. The highest BCUT2D eigenvalue weighted by molar-refractivity contribution is 8.00. The van der Waals surface area contributed by atoms with Gasteiger partial charge in [-0.2, -0.15) is 10.5 Å². The summed E-state index contributed by atoms with van der Waals surface area (Å²) in [5, 5.41) is 24.0. The summed E-state index contributed by atoms with van der Waals surface area (Å²) in [5.41, 5.74) is 6.53. The number of benzene rings is 1. The predicted octanol–water partition coefficient (Wildman–Crippen LogP) is 1.61. The number of nitrogens with one attached hydrogen (secondary N) is 2. The van der Waals surface area contributed by atoms with E-state index in [2.05, 4.69) is 15.6 Å². The number of nitrogens with two attached hydrogens (primary N) is 1. The van der Waals surface area contributed by atoms with Crippen LogP contribution in [0.15, 0.2) is 38.6 Å². The zero-order valence-electron chi connectivity index (χ0n) is 16.9. The minimum Gasteiger partial charge on any atom is -0.383 e. The number of aryl methyl sites for hydroxylation is 2. The van der Waals surface area contributed by atoms with Crippen molar-refractivity contribution in [2.45, 2.75) is 24.1 Å². The van der Waals surface area contributed by atoms with Crippen molar-refractivity contribution in [2.75, 3.05) is 11.1 Å². The Morgan fingerprint density at radius 3 is 2.58 bits per heavy atom. The normalized spacial score (nSPS) is 11.4. The van der Waals surface area contributed by atoms with E-state index in [-0.39, 0.29) is 39.1 Å². The van der Waals surface area contributed by atoms with Gasteiger partial charge >= 0.3 is 11.3 Å². The molecule has 0 aliphatic heterocycles. The Bertz CT molecular complexity index is 1310. The molecule has 1 aromatic carbocycles. The number of carbonyl (C=O) groups is 1. The van der Waals surface area contributed by atoms with Crippen molar-refractivity contribution in [2.24, 2.45) is 7.05 Å². The number of carbonyl (C=O) groups excluding carboxylic acids is 1. The number of hydrogen-bond acceptors (Lipinski definition) is 8. The van der Waals surface area contributed by atoms with Gasteiger partial charge in [-0.25, -0.2) is 9.78 Å². The van der Waals surface area contributed by atoms with Gasteiger partial charge in [-0.15, -0.1) is 0 Å². The molecule has 0 radical (unpaired) electrons. The predicted molar refractivity (Wildman–Crippen MR) is 113 cm³/mol. The molecule has 0 aliphatic rings. The largest absolute Gasteiger partial charge is 0.435 e. The van der Waals surface area contributed by atoms with Crippen molar-refractivity contribution in [1.29, 1.82) is 10.5 Å². The lowest BCUT2D eigenvalue weighted by atomic mass is 10.0. The summed E-state index contributed by atoms with van der Waals surface area (Å²) in [4.78, 5) is 29.0. The summed E-state index contributed by atoms with van der Waals surface area (Å²) < 4.78 is 5.99. The molecule has 1 amide bonds. The molecule has 1 unspecified atom stereocenters. The van der Waals surface area contributed by atoms with Crippen LogP contribution in [0.1, 0.15) is 23.6 Å². The lowest BCUT2D eigenvalue weighted by molar-refractivity contribution is -0.730. The first-order chi connectivity index (χ1) is 14.8. The fourth-order valence-electron chi connectivity index (χ4n) is 2.90. The molecule has 0 fully saturated rings. The van der Waals surface area contributed by atoms with E-state index in [0.717, 1.165) is 17.3 Å². The van der Waals surface area contributed by atoms with E-state index in [0.29, 0.717) is 5.69 Å². The first-order valence-electron chi connectivity index (χ1n) is 9.03. The van der Waals surface area contributed by atoms with E-state index >= 15 is 0 Å². The molecule has 3 rings (SSSR count). The molecule has 11 heteroatoms. The number of H-pyrrole nitrogens is 1. The van der Waals surface area contributed by atoms with Crippen LogP contribution in [0.5, 0.6) is 0 Å². The number of anilines is 2. The SMILES string of the molecule is Cc1ccccc1NC(=O)C(C)Sc1nc(N)c(C#N)c(-c2c(=O)o[nH][n+]2C)c1C#N. The Labute approximate surface area is 181 Å². The minimum atomic E-state index is -0.776. The van der Waals surface area contributed by atoms with Crippen LogP contribution >= 0.6 is 11.8 Å². The highest BCUT2D eigenvalue weighted by Crippen LogP contribution is 2.35. The average molecular weight is 436 g/mol. The first kappa shape index (κ1) is 21.6. The quantitative estimate of drug-likeness (QED) is 0.401. The molecule has 0 spiro atoms. The number of nitrogen functional groups attached to an aromatic ring is 1. The molecule has 2 heterocycles. The van der Waals surface area contributed by atoms with Gasteiger partial charge in [-0.05, 0) is 30.7 Å². The van der Waals surface area contributed by atoms with Crippen molar-refractivity contribution in [3.63, 3.8) is 0 Å². The summed E-state index contributed by atoms with van der Waals surface area (Å²) in [5.74, 6) is -0.465. The third kappa shape index (κ3) is 4.13. The first-order valence-corrected chi connectivity index (χ1v) is 9.91. The van der Waals surface area contributed by atoms with E-state index in [1.807, 2.05) is 37.3 Å². The van der Waals surface area contributed by atoms with Crippen LogP contribution in [0.4, 0.5) is 11.5 Å². The summed E-state index contributed by atoms with van der Waals surface area (Å²) in [6, 6.07) is 11.2. The lowest BCUT2D eigenvalue weighted by Gasteiger charge is -2.15. The van der Waals surface area contributed by atoms with E-state index < -0.39 is 10.9 Å². The molecular weight excluding hydrogens is 418 g/mol. The average Bonchev–Trinajstić information content (AvgIpc) is 3.07. The molecular formula is C20H18N7O3S+. The molecule has 4 N–H and O–H groups in total. The van der Waals surface area contributed by atoms with Gasteiger partial charge in [0.15, 0.2) is 7.05 Å². The number of nitrogens with zero attached hydrogens (tertiary/aromatic N) is 4. The summed E-state index contributed by atoms with van der Waals surface area (Å²) in [6.07, 6.45) is 0. The molecule has 0 bridgehead atoms. The summed E-state index contributed by atoms with van der Waals surface area (Å²) in [7, 11) is 1.49. The van der Waals surface area contributed by atoms with Gasteiger partial charge in [0.05, 0.1) is 10.8 Å². The number of nitriles is 2. The van der Waals surface area contributed by atoms with Gasteiger partial charge < -0.3 is 11.1 Å². The Hall–Kier alpha value is -4.09. The van der Waals surface area contributed by atoms with Crippen molar-refractivity contribution in [3.8, 4) is 23.4 Å². The fraction of sp³-hybridized carbons (Fsp3) is 0.200. The number of pyridine rings is 1. The van der Waals surface area contributed by atoms with Gasteiger partial charge in [0.25, 0.3) is 0 Å². The monoisotopic (exact) mass is 436 g/mol. The standard InChI is InChI=1S/C20H17N7O3S/c1-10-6-4-5-7-14(10)24-18(28)11(2)31-19-13(9-22)15(12(8-21)17(23)25-19)16-20(29)30-26-27(16)3/h4-7,11H,1-3H3,(H3-,23,24,25,26,28,29)/p+1. The molecule has 2 aromatic heterocycles. The maximum Gasteiger partial charge on any atom is 0.435 e. The van der Waals surface area contributed by atoms with Crippen LogP contribution in [0.3, 0.4) is 0 Å². The number of para-hydroxylation sites is 1. The molecule has 3 aromatic rings. The second kappa shape index (κ2) is 8.73. The van der Waals surface area contributed by atoms with Crippen LogP contribution in [0.2, 0.25) is 0 Å². The zero-order valence-corrected chi connectivity index (χ0v) is 17.7. The molecule has 0 saturated heterocycles. The second-order valence-electron chi connectivity index (χ2n) is 6.60.